The molecule has 2 aromatic rings. The number of H-pyrrole nitrogens is 1. The molecule has 4 heteroatoms. The molecule has 1 aromatic carbocycles. The first kappa shape index (κ1) is 9.27. The van der Waals surface area contributed by atoms with Crippen molar-refractivity contribution < 1.29 is 0 Å². The molecule has 14 heavy (non-hydrogen) atoms. The summed E-state index contributed by atoms with van der Waals surface area (Å²) in [5, 5.41) is 6.77. The molecule has 0 aliphatic carbocycles. The van der Waals surface area contributed by atoms with E-state index < -0.39 is 0 Å². The number of benzene rings is 1. The van der Waals surface area contributed by atoms with E-state index in [-0.39, 0.29) is 0 Å². The Morgan fingerprint density at radius 3 is 2.71 bits per heavy atom. The van der Waals surface area contributed by atoms with Crippen molar-refractivity contribution >= 4 is 21.7 Å². The number of hydrogen-bond acceptors (Lipinski definition) is 2. The molecule has 0 aliphatic rings. The summed E-state index contributed by atoms with van der Waals surface area (Å²) >= 11 is 3.50. The van der Waals surface area contributed by atoms with Crippen LogP contribution in [0.3, 0.4) is 0 Å². The maximum Gasteiger partial charge on any atom is 0.145 e. The zero-order valence-electron chi connectivity index (χ0n) is 7.71. The molecule has 2 rings (SSSR count). The van der Waals surface area contributed by atoms with Gasteiger partial charge in [0.1, 0.15) is 5.82 Å². The lowest BCUT2D eigenvalue weighted by Crippen LogP contribution is -1.81. The van der Waals surface area contributed by atoms with Gasteiger partial charge in [-0.3, -0.25) is 5.10 Å². The van der Waals surface area contributed by atoms with Crippen molar-refractivity contribution in [1.82, 2.24) is 10.2 Å². The summed E-state index contributed by atoms with van der Waals surface area (Å²) in [5.74, 6) is 0.507. The fourth-order valence-corrected chi connectivity index (χ4v) is 2.02. The number of aryl methyl sites for hydroxylation is 1. The van der Waals surface area contributed by atoms with Crippen molar-refractivity contribution in [1.29, 1.82) is 0 Å². The van der Waals surface area contributed by atoms with Crippen LogP contribution < -0.4 is 5.73 Å². The Hall–Kier alpha value is -1.29. The zero-order chi connectivity index (χ0) is 10.1. The fraction of sp³-hybridized carbons (Fsp3) is 0.100. The molecule has 0 saturated heterocycles. The van der Waals surface area contributed by atoms with Gasteiger partial charge in [-0.1, -0.05) is 28.1 Å². The van der Waals surface area contributed by atoms with E-state index in [0.717, 1.165) is 15.7 Å². The number of aromatic nitrogens is 2. The molecule has 0 radical (unpaired) electrons. The van der Waals surface area contributed by atoms with Crippen molar-refractivity contribution in [2.45, 2.75) is 6.92 Å². The summed E-state index contributed by atoms with van der Waals surface area (Å²) in [4.78, 5) is 0. The molecule has 1 heterocycles. The number of rotatable bonds is 1. The lowest BCUT2D eigenvalue weighted by atomic mass is 10.1. The molecule has 0 fully saturated rings. The molecular weight excluding hydrogens is 242 g/mol. The zero-order valence-corrected chi connectivity index (χ0v) is 9.30. The van der Waals surface area contributed by atoms with E-state index in [1.165, 1.54) is 5.56 Å². The summed E-state index contributed by atoms with van der Waals surface area (Å²) in [5.41, 5.74) is 8.75. The van der Waals surface area contributed by atoms with Gasteiger partial charge in [0.05, 0.1) is 5.69 Å². The van der Waals surface area contributed by atoms with Crippen LogP contribution in [0.5, 0.6) is 0 Å². The number of hydrogen-bond donors (Lipinski definition) is 2. The average molecular weight is 252 g/mol. The van der Waals surface area contributed by atoms with Crippen LogP contribution in [0.1, 0.15) is 5.56 Å². The second-order valence-corrected chi connectivity index (χ2v) is 4.04. The second-order valence-electron chi connectivity index (χ2n) is 3.19. The molecule has 0 saturated carbocycles. The van der Waals surface area contributed by atoms with E-state index in [1.54, 1.807) is 0 Å². The maximum absolute atomic E-state index is 5.54. The Morgan fingerprint density at radius 2 is 2.14 bits per heavy atom. The molecular formula is C10H10BrN3. The van der Waals surface area contributed by atoms with Crippen molar-refractivity contribution in [3.63, 3.8) is 0 Å². The van der Waals surface area contributed by atoms with Gasteiger partial charge in [-0.15, -0.1) is 0 Å². The van der Waals surface area contributed by atoms with Crippen molar-refractivity contribution in [3.8, 4) is 11.3 Å². The van der Waals surface area contributed by atoms with Crippen LogP contribution in [-0.2, 0) is 0 Å². The van der Waals surface area contributed by atoms with E-state index in [1.807, 2.05) is 12.1 Å². The van der Waals surface area contributed by atoms with Gasteiger partial charge in [-0.05, 0) is 18.6 Å². The van der Waals surface area contributed by atoms with E-state index >= 15 is 0 Å². The van der Waals surface area contributed by atoms with Crippen LogP contribution in [0, 0.1) is 6.92 Å². The second kappa shape index (κ2) is 3.46. The summed E-state index contributed by atoms with van der Waals surface area (Å²) in [6.07, 6.45) is 0. The monoisotopic (exact) mass is 251 g/mol. The number of nitrogens with one attached hydrogen (secondary N) is 1. The number of nitrogens with zero attached hydrogens (tertiary/aromatic N) is 1. The van der Waals surface area contributed by atoms with Gasteiger partial charge in [-0.25, -0.2) is 0 Å². The Labute approximate surface area is 90.5 Å². The Bertz CT molecular complexity index is 462. The average Bonchev–Trinajstić information content (AvgIpc) is 2.51. The van der Waals surface area contributed by atoms with Crippen LogP contribution in [0.2, 0.25) is 0 Å². The summed E-state index contributed by atoms with van der Waals surface area (Å²) in [6.45, 7) is 2.05. The van der Waals surface area contributed by atoms with E-state index in [2.05, 4.69) is 45.2 Å². The minimum atomic E-state index is 0.507. The van der Waals surface area contributed by atoms with Crippen LogP contribution in [0.4, 0.5) is 5.82 Å². The number of aromatic amines is 1. The van der Waals surface area contributed by atoms with Crippen LogP contribution in [0.15, 0.2) is 28.7 Å². The molecule has 72 valence electrons. The topological polar surface area (TPSA) is 54.7 Å². The molecule has 0 aliphatic heterocycles. The third-order valence-electron chi connectivity index (χ3n) is 2.01. The molecule has 0 bridgehead atoms. The molecule has 0 spiro atoms. The van der Waals surface area contributed by atoms with Gasteiger partial charge in [0, 0.05) is 16.1 Å². The van der Waals surface area contributed by atoms with Crippen LogP contribution in [0.25, 0.3) is 11.3 Å². The third kappa shape index (κ3) is 1.65. The first-order valence-corrected chi connectivity index (χ1v) is 5.03. The van der Waals surface area contributed by atoms with Crippen molar-refractivity contribution in [3.05, 3.63) is 34.3 Å². The highest BCUT2D eigenvalue weighted by Crippen LogP contribution is 2.28. The predicted molar refractivity (Wildman–Crippen MR) is 60.9 cm³/mol. The molecule has 0 amide bonds. The summed E-state index contributed by atoms with van der Waals surface area (Å²) in [6, 6.07) is 7.96. The van der Waals surface area contributed by atoms with Crippen LogP contribution in [-0.4, -0.2) is 10.2 Å². The third-order valence-corrected chi connectivity index (χ3v) is 2.67. The first-order valence-electron chi connectivity index (χ1n) is 4.24. The predicted octanol–water partition coefficient (Wildman–Crippen LogP) is 2.73. The SMILES string of the molecule is Cc1ccc(-c2cc(N)n[nH]2)c(Br)c1. The molecule has 3 nitrogen and oxygen atoms in total. The number of nitrogen functional groups attached to an aromatic ring is 1. The standard InChI is InChI=1S/C10H10BrN3/c1-6-2-3-7(8(11)4-6)9-5-10(12)14-13-9/h2-5H,1H3,(H3,12,13,14). The van der Waals surface area contributed by atoms with Crippen LogP contribution >= 0.6 is 15.9 Å². The highest BCUT2D eigenvalue weighted by Gasteiger charge is 2.05. The van der Waals surface area contributed by atoms with Gasteiger partial charge in [-0.2, -0.15) is 5.10 Å². The maximum atomic E-state index is 5.54. The normalized spacial score (nSPS) is 10.4. The number of halogens is 1. The summed E-state index contributed by atoms with van der Waals surface area (Å²) in [7, 11) is 0. The van der Waals surface area contributed by atoms with Gasteiger partial charge < -0.3 is 5.73 Å². The van der Waals surface area contributed by atoms with Crippen molar-refractivity contribution in [2.24, 2.45) is 0 Å². The smallest absolute Gasteiger partial charge is 0.145 e. The molecule has 0 unspecified atom stereocenters. The minimum absolute atomic E-state index is 0.507. The summed E-state index contributed by atoms with van der Waals surface area (Å²) < 4.78 is 1.04. The highest BCUT2D eigenvalue weighted by atomic mass is 79.9. The van der Waals surface area contributed by atoms with E-state index in [4.69, 9.17) is 5.73 Å². The molecule has 3 N–H and O–H groups in total. The Balaban J connectivity index is 2.52. The quantitative estimate of drug-likeness (QED) is 0.819. The fourth-order valence-electron chi connectivity index (χ4n) is 1.31. The largest absolute Gasteiger partial charge is 0.382 e. The van der Waals surface area contributed by atoms with Gasteiger partial charge in [0.2, 0.25) is 0 Å². The molecule has 1 aromatic heterocycles. The van der Waals surface area contributed by atoms with E-state index in [9.17, 15) is 0 Å². The molecule has 0 atom stereocenters. The minimum Gasteiger partial charge on any atom is -0.382 e. The Morgan fingerprint density at radius 1 is 1.36 bits per heavy atom. The van der Waals surface area contributed by atoms with Gasteiger partial charge in [0.15, 0.2) is 0 Å². The lowest BCUT2D eigenvalue weighted by Gasteiger charge is -2.01. The Kier molecular flexibility index (Phi) is 2.29. The number of anilines is 1. The van der Waals surface area contributed by atoms with E-state index in [0.29, 0.717) is 5.82 Å². The highest BCUT2D eigenvalue weighted by molar-refractivity contribution is 9.10. The lowest BCUT2D eigenvalue weighted by molar-refractivity contribution is 1.10. The van der Waals surface area contributed by atoms with Crippen molar-refractivity contribution in [2.75, 3.05) is 5.73 Å². The van der Waals surface area contributed by atoms with Gasteiger partial charge >= 0.3 is 0 Å². The first-order chi connectivity index (χ1) is 6.66. The number of nitrogens with two attached hydrogens (primary N) is 1. The van der Waals surface area contributed by atoms with Gasteiger partial charge in [0.25, 0.3) is 0 Å².